The minimum Gasteiger partial charge on any atom is -0.335 e. The van der Waals surface area contributed by atoms with Gasteiger partial charge in [0, 0.05) is 36.3 Å². The van der Waals surface area contributed by atoms with Gasteiger partial charge >= 0.3 is 0 Å². The van der Waals surface area contributed by atoms with Gasteiger partial charge in [-0.3, -0.25) is 15.0 Å². The highest BCUT2D eigenvalue weighted by Crippen LogP contribution is 2.38. The van der Waals surface area contributed by atoms with Crippen molar-refractivity contribution < 1.29 is 13.2 Å². The van der Waals surface area contributed by atoms with Gasteiger partial charge in [-0.2, -0.15) is 14.5 Å². The van der Waals surface area contributed by atoms with Crippen molar-refractivity contribution in [3.63, 3.8) is 0 Å². The summed E-state index contributed by atoms with van der Waals surface area (Å²) in [5.41, 5.74) is 2.05. The zero-order valence-corrected chi connectivity index (χ0v) is 15.4. The van der Waals surface area contributed by atoms with Crippen LogP contribution in [0.5, 0.6) is 0 Å². The molecule has 3 saturated heterocycles. The van der Waals surface area contributed by atoms with E-state index in [1.165, 1.54) is 6.20 Å². The Kier molecular flexibility index (Phi) is 3.43. The fourth-order valence-electron chi connectivity index (χ4n) is 4.07. The molecule has 0 spiro atoms. The molecule has 2 unspecified atom stereocenters. The SMILES string of the molecule is Cc1[nH]ncc1C(=O)N1CC2CC(C1)N2S(=O)(=O)c1ccc2[nH]ncc2c1. The molecule has 3 fully saturated rings. The number of rotatable bonds is 3. The number of nitrogens with one attached hydrogen (secondary N) is 2. The van der Waals surface area contributed by atoms with Crippen LogP contribution in [0.2, 0.25) is 0 Å². The average Bonchev–Trinajstić information content (AvgIpc) is 3.28. The van der Waals surface area contributed by atoms with Crippen molar-refractivity contribution in [2.75, 3.05) is 13.1 Å². The van der Waals surface area contributed by atoms with E-state index in [1.54, 1.807) is 40.5 Å². The molecule has 2 bridgehead atoms. The largest absolute Gasteiger partial charge is 0.335 e. The van der Waals surface area contributed by atoms with E-state index in [0.717, 1.165) is 23.0 Å². The van der Waals surface area contributed by atoms with Crippen molar-refractivity contribution in [2.45, 2.75) is 30.3 Å². The van der Waals surface area contributed by atoms with Crippen LogP contribution in [0.25, 0.3) is 10.9 Å². The first-order valence-electron chi connectivity index (χ1n) is 8.71. The molecule has 10 heteroatoms. The third-order valence-corrected chi connectivity index (χ3v) is 7.46. The van der Waals surface area contributed by atoms with E-state index in [-0.39, 0.29) is 22.9 Å². The lowest BCUT2D eigenvalue weighted by Gasteiger charge is -2.54. The topological polar surface area (TPSA) is 115 Å². The number of fused-ring (bicyclic) bond motifs is 3. The first kappa shape index (κ1) is 16.5. The summed E-state index contributed by atoms with van der Waals surface area (Å²) in [4.78, 5) is 14.7. The van der Waals surface area contributed by atoms with Gasteiger partial charge in [0.2, 0.25) is 10.0 Å². The van der Waals surface area contributed by atoms with Gasteiger partial charge in [0.05, 0.1) is 28.4 Å². The quantitative estimate of drug-likeness (QED) is 0.693. The lowest BCUT2D eigenvalue weighted by molar-refractivity contribution is -0.00185. The summed E-state index contributed by atoms with van der Waals surface area (Å²) in [6.45, 7) is 2.59. The summed E-state index contributed by atoms with van der Waals surface area (Å²) in [5.74, 6) is -0.104. The van der Waals surface area contributed by atoms with Gasteiger partial charge in [-0.1, -0.05) is 0 Å². The summed E-state index contributed by atoms with van der Waals surface area (Å²) >= 11 is 0. The van der Waals surface area contributed by atoms with Crippen LogP contribution in [0, 0.1) is 6.92 Å². The van der Waals surface area contributed by atoms with Crippen molar-refractivity contribution >= 4 is 26.8 Å². The Morgan fingerprint density at radius 3 is 2.59 bits per heavy atom. The molecule has 0 radical (unpaired) electrons. The minimum atomic E-state index is -3.61. The first-order chi connectivity index (χ1) is 12.9. The molecule has 1 aromatic carbocycles. The van der Waals surface area contributed by atoms with E-state index in [2.05, 4.69) is 20.4 Å². The zero-order valence-electron chi connectivity index (χ0n) is 14.6. The number of benzene rings is 1. The van der Waals surface area contributed by atoms with Gasteiger partial charge in [-0.15, -0.1) is 0 Å². The number of hydrogen-bond acceptors (Lipinski definition) is 5. The highest BCUT2D eigenvalue weighted by atomic mass is 32.2. The van der Waals surface area contributed by atoms with Crippen molar-refractivity contribution in [1.82, 2.24) is 29.6 Å². The molecule has 2 aromatic heterocycles. The van der Waals surface area contributed by atoms with Crippen LogP contribution in [0.3, 0.4) is 0 Å². The molecule has 3 aliphatic heterocycles. The highest BCUT2D eigenvalue weighted by Gasteiger charge is 2.52. The Balaban J connectivity index is 1.39. The lowest BCUT2D eigenvalue weighted by Crippen LogP contribution is -2.70. The molecule has 140 valence electrons. The molecule has 3 aliphatic rings. The summed E-state index contributed by atoms with van der Waals surface area (Å²) in [7, 11) is -3.61. The molecule has 0 aliphatic carbocycles. The van der Waals surface area contributed by atoms with Gasteiger partial charge in [0.1, 0.15) is 0 Å². The van der Waals surface area contributed by atoms with E-state index in [9.17, 15) is 13.2 Å². The van der Waals surface area contributed by atoms with E-state index in [4.69, 9.17) is 0 Å². The second kappa shape index (κ2) is 5.64. The van der Waals surface area contributed by atoms with Gasteiger partial charge in [0.15, 0.2) is 0 Å². The van der Waals surface area contributed by atoms with Crippen LogP contribution in [-0.2, 0) is 10.0 Å². The summed E-state index contributed by atoms with van der Waals surface area (Å²) in [6, 6.07) is 4.58. The number of hydrogen-bond donors (Lipinski definition) is 2. The zero-order chi connectivity index (χ0) is 18.8. The van der Waals surface area contributed by atoms with Crippen LogP contribution in [0.1, 0.15) is 22.5 Å². The Labute approximate surface area is 155 Å². The van der Waals surface area contributed by atoms with Crippen molar-refractivity contribution in [2.24, 2.45) is 0 Å². The van der Waals surface area contributed by atoms with Gasteiger partial charge < -0.3 is 4.90 Å². The van der Waals surface area contributed by atoms with Gasteiger partial charge in [0.25, 0.3) is 5.91 Å². The van der Waals surface area contributed by atoms with Crippen LogP contribution in [0.4, 0.5) is 0 Å². The second-order valence-electron chi connectivity index (χ2n) is 7.12. The molecular formula is C17H18N6O3S. The molecule has 2 N–H and O–H groups in total. The normalized spacial score (nSPS) is 22.8. The Morgan fingerprint density at radius 2 is 1.89 bits per heavy atom. The van der Waals surface area contributed by atoms with Gasteiger partial charge in [-0.05, 0) is 31.5 Å². The van der Waals surface area contributed by atoms with Crippen LogP contribution >= 0.6 is 0 Å². The maximum atomic E-state index is 13.1. The second-order valence-corrected chi connectivity index (χ2v) is 8.96. The number of aromatic amines is 2. The number of nitrogens with zero attached hydrogens (tertiary/aromatic N) is 4. The van der Waals surface area contributed by atoms with E-state index in [0.29, 0.717) is 18.7 Å². The van der Waals surface area contributed by atoms with Crippen LogP contribution in [0.15, 0.2) is 35.5 Å². The summed E-state index contributed by atoms with van der Waals surface area (Å²) < 4.78 is 27.8. The lowest BCUT2D eigenvalue weighted by atomic mass is 9.91. The van der Waals surface area contributed by atoms with Gasteiger partial charge in [-0.25, -0.2) is 8.42 Å². The Morgan fingerprint density at radius 1 is 1.15 bits per heavy atom. The number of H-pyrrole nitrogens is 2. The molecule has 27 heavy (non-hydrogen) atoms. The third kappa shape index (κ3) is 2.40. The maximum absolute atomic E-state index is 13.1. The number of sulfonamides is 1. The fraction of sp³-hybridized carbons (Fsp3) is 0.353. The number of piperidine rings is 1. The number of aryl methyl sites for hydroxylation is 1. The Hall–Kier alpha value is -2.72. The third-order valence-electron chi connectivity index (χ3n) is 5.46. The molecule has 2 atom stereocenters. The van der Waals surface area contributed by atoms with Crippen molar-refractivity contribution in [3.8, 4) is 0 Å². The number of amides is 1. The predicted molar refractivity (Wildman–Crippen MR) is 96.5 cm³/mol. The predicted octanol–water partition coefficient (Wildman–Crippen LogP) is 0.882. The van der Waals surface area contributed by atoms with E-state index < -0.39 is 10.0 Å². The number of piperazine rings is 1. The maximum Gasteiger partial charge on any atom is 0.257 e. The number of carbonyl (C=O) groups excluding carboxylic acids is 1. The summed E-state index contributed by atoms with van der Waals surface area (Å²) in [6.07, 6.45) is 3.91. The molecule has 6 rings (SSSR count). The average molecular weight is 386 g/mol. The van der Waals surface area contributed by atoms with Crippen molar-refractivity contribution in [1.29, 1.82) is 0 Å². The van der Waals surface area contributed by atoms with Crippen LogP contribution in [-0.4, -0.2) is 69.1 Å². The monoisotopic (exact) mass is 386 g/mol. The molecule has 3 aromatic rings. The van der Waals surface area contributed by atoms with Crippen LogP contribution < -0.4 is 0 Å². The molecular weight excluding hydrogens is 368 g/mol. The standard InChI is InChI=1S/C17H18N6O3S/c1-10-15(7-19-20-10)17(24)22-8-12-5-13(9-22)23(12)27(25,26)14-2-3-16-11(4-14)6-18-21-16/h2-4,6-7,12-13H,5,8-9H2,1H3,(H,18,21)(H,19,20). The Bertz CT molecular complexity index is 1140. The fourth-order valence-corrected chi connectivity index (χ4v) is 5.92. The highest BCUT2D eigenvalue weighted by molar-refractivity contribution is 7.89. The molecule has 1 amide bonds. The number of aromatic nitrogens is 4. The molecule has 0 saturated carbocycles. The van der Waals surface area contributed by atoms with Crippen molar-refractivity contribution in [3.05, 3.63) is 41.9 Å². The smallest absolute Gasteiger partial charge is 0.257 e. The van der Waals surface area contributed by atoms with E-state index in [1.807, 2.05) is 0 Å². The minimum absolute atomic E-state index is 0.104. The molecule has 5 heterocycles. The summed E-state index contributed by atoms with van der Waals surface area (Å²) in [5, 5.41) is 14.2. The number of carbonyl (C=O) groups is 1. The molecule has 9 nitrogen and oxygen atoms in total. The first-order valence-corrected chi connectivity index (χ1v) is 10.1. The van der Waals surface area contributed by atoms with E-state index >= 15 is 0 Å².